The van der Waals surface area contributed by atoms with Gasteiger partial charge in [0.25, 0.3) is 0 Å². The Morgan fingerprint density at radius 2 is 1.73 bits per heavy atom. The first-order valence-corrected chi connectivity index (χ1v) is 11.6. The summed E-state index contributed by atoms with van der Waals surface area (Å²) in [7, 11) is 1.33. The van der Waals surface area contributed by atoms with Crippen molar-refractivity contribution in [1.82, 2.24) is 0 Å². The summed E-state index contributed by atoms with van der Waals surface area (Å²) in [5.74, 6) is 0.371. The molecule has 0 aliphatic heterocycles. The molecule has 0 N–H and O–H groups in total. The van der Waals surface area contributed by atoms with E-state index < -0.39 is 0 Å². The van der Waals surface area contributed by atoms with Crippen LogP contribution in [0, 0.1) is 33.5 Å². The number of carbonyl (C=O) groups is 3. The highest BCUT2D eigenvalue weighted by Crippen LogP contribution is 2.71. The van der Waals surface area contributed by atoms with Crippen molar-refractivity contribution >= 4 is 18.2 Å². The number of hydrogen-bond donors (Lipinski definition) is 0. The molecule has 6 atom stereocenters. The minimum Gasteiger partial charge on any atom is -0.469 e. The fourth-order valence-electron chi connectivity index (χ4n) is 7.94. The Balaban J connectivity index is 1.45. The minimum atomic E-state index is -0.384. The number of fused-ring (bicyclic) bond motifs is 3. The Bertz CT molecular complexity index is 759. The molecule has 6 unspecified atom stereocenters. The van der Waals surface area contributed by atoms with Crippen LogP contribution in [0.1, 0.15) is 78.1 Å². The summed E-state index contributed by atoms with van der Waals surface area (Å²) in [5.41, 5.74) is 0.150. The van der Waals surface area contributed by atoms with Crippen molar-refractivity contribution in [3.8, 4) is 0 Å². The van der Waals surface area contributed by atoms with Gasteiger partial charge in [0.15, 0.2) is 0 Å². The van der Waals surface area contributed by atoms with Crippen LogP contribution in [0.15, 0.2) is 12.2 Å². The molecule has 3 saturated carbocycles. The van der Waals surface area contributed by atoms with Gasteiger partial charge in [-0.25, -0.2) is 0 Å². The van der Waals surface area contributed by atoms with Crippen LogP contribution in [0.25, 0.3) is 0 Å². The third-order valence-electron chi connectivity index (χ3n) is 9.34. The van der Waals surface area contributed by atoms with Crippen molar-refractivity contribution < 1.29 is 23.9 Å². The van der Waals surface area contributed by atoms with E-state index in [1.54, 1.807) is 0 Å². The molecule has 30 heavy (non-hydrogen) atoms. The molecule has 4 aliphatic carbocycles. The third-order valence-corrected chi connectivity index (χ3v) is 9.34. The van der Waals surface area contributed by atoms with Crippen LogP contribution >= 0.6 is 0 Å². The first kappa shape index (κ1) is 21.6. The molecule has 1 spiro atoms. The van der Waals surface area contributed by atoms with Gasteiger partial charge in [0.2, 0.25) is 0 Å². The first-order valence-electron chi connectivity index (χ1n) is 11.6. The maximum atomic E-state index is 12.1. The van der Waals surface area contributed by atoms with Gasteiger partial charge >= 0.3 is 11.9 Å². The summed E-state index contributed by atoms with van der Waals surface area (Å²) in [4.78, 5) is 35.4. The van der Waals surface area contributed by atoms with Crippen LogP contribution in [0.5, 0.6) is 0 Å². The van der Waals surface area contributed by atoms with E-state index in [9.17, 15) is 14.4 Å². The smallest absolute Gasteiger partial charge is 0.306 e. The lowest BCUT2D eigenvalue weighted by Gasteiger charge is -2.64. The molecule has 0 aromatic rings. The van der Waals surface area contributed by atoms with Gasteiger partial charge in [-0.2, -0.15) is 0 Å². The van der Waals surface area contributed by atoms with E-state index in [1.165, 1.54) is 19.8 Å². The summed E-state index contributed by atoms with van der Waals surface area (Å²) < 4.78 is 10.2. The standard InChI is InChI=1S/C25H36O5/c1-22(16-26)9-4-10-23(2)18(22)8-12-25-14-13-24(15-25,11-7-19(23)25)17-30-21(28)6-5-20(27)29-3/h13-14,16,18-19H,4-12,15,17H2,1-3H3. The zero-order chi connectivity index (χ0) is 21.6. The van der Waals surface area contributed by atoms with Crippen LogP contribution < -0.4 is 0 Å². The van der Waals surface area contributed by atoms with Gasteiger partial charge in [0, 0.05) is 10.8 Å². The van der Waals surface area contributed by atoms with Crippen LogP contribution in [-0.4, -0.2) is 31.9 Å². The van der Waals surface area contributed by atoms with Crippen molar-refractivity contribution in [2.24, 2.45) is 33.5 Å². The zero-order valence-electron chi connectivity index (χ0n) is 18.7. The van der Waals surface area contributed by atoms with Gasteiger partial charge in [-0.3, -0.25) is 9.59 Å². The molecular formula is C25H36O5. The fraction of sp³-hybridized carbons (Fsp3) is 0.800. The van der Waals surface area contributed by atoms with Gasteiger partial charge in [-0.1, -0.05) is 32.4 Å². The van der Waals surface area contributed by atoms with E-state index in [-0.39, 0.29) is 46.4 Å². The van der Waals surface area contributed by atoms with Crippen LogP contribution in [0.4, 0.5) is 0 Å². The second kappa shape index (κ2) is 7.49. The molecule has 5 heteroatoms. The average molecular weight is 417 g/mol. The summed E-state index contributed by atoms with van der Waals surface area (Å²) in [6.45, 7) is 5.05. The second-order valence-electron chi connectivity index (χ2n) is 11.0. The van der Waals surface area contributed by atoms with E-state index >= 15 is 0 Å². The molecule has 0 radical (unpaired) electrons. The predicted octanol–water partition coefficient (Wildman–Crippen LogP) is 4.63. The monoisotopic (exact) mass is 416 g/mol. The quantitative estimate of drug-likeness (QED) is 0.359. The molecule has 0 heterocycles. The average Bonchev–Trinajstić information content (AvgIpc) is 3.01. The number of methoxy groups -OCH3 is 1. The number of rotatable bonds is 6. The molecule has 0 amide bonds. The zero-order valence-corrected chi connectivity index (χ0v) is 18.7. The number of hydrogen-bond acceptors (Lipinski definition) is 5. The molecule has 0 aromatic carbocycles. The Kier molecular flexibility index (Phi) is 5.39. The lowest BCUT2D eigenvalue weighted by Crippen LogP contribution is -2.57. The summed E-state index contributed by atoms with van der Waals surface area (Å²) in [6.07, 6.45) is 15.0. The molecule has 166 valence electrons. The van der Waals surface area contributed by atoms with Crippen LogP contribution in [-0.2, 0) is 23.9 Å². The van der Waals surface area contributed by atoms with Crippen molar-refractivity contribution in [2.45, 2.75) is 78.1 Å². The molecular weight excluding hydrogens is 380 g/mol. The predicted molar refractivity (Wildman–Crippen MR) is 112 cm³/mol. The summed E-state index contributed by atoms with van der Waals surface area (Å²) >= 11 is 0. The maximum Gasteiger partial charge on any atom is 0.306 e. The van der Waals surface area contributed by atoms with Crippen molar-refractivity contribution in [2.75, 3.05) is 13.7 Å². The molecule has 0 aromatic heterocycles. The topological polar surface area (TPSA) is 69.7 Å². The van der Waals surface area contributed by atoms with E-state index in [0.29, 0.717) is 18.4 Å². The highest BCUT2D eigenvalue weighted by atomic mass is 16.5. The fourth-order valence-corrected chi connectivity index (χ4v) is 7.94. The van der Waals surface area contributed by atoms with Crippen molar-refractivity contribution in [3.05, 3.63) is 12.2 Å². The highest BCUT2D eigenvalue weighted by Gasteiger charge is 2.64. The molecule has 5 nitrogen and oxygen atoms in total. The van der Waals surface area contributed by atoms with Gasteiger partial charge in [-0.15, -0.1) is 0 Å². The molecule has 4 aliphatic rings. The Labute approximate surface area is 179 Å². The lowest BCUT2D eigenvalue weighted by molar-refractivity contribution is -0.162. The SMILES string of the molecule is COC(=O)CCC(=O)OCC12C=CC3(CCC4C(C)(C=O)CCCC4(C)C3CC1)C2. The number of esters is 2. The van der Waals surface area contributed by atoms with E-state index in [1.807, 2.05) is 0 Å². The minimum absolute atomic E-state index is 0.0662. The summed E-state index contributed by atoms with van der Waals surface area (Å²) in [5, 5.41) is 0. The number of carbonyl (C=O) groups excluding carboxylic acids is 3. The van der Waals surface area contributed by atoms with Crippen molar-refractivity contribution in [3.63, 3.8) is 0 Å². The Hall–Kier alpha value is -1.65. The van der Waals surface area contributed by atoms with E-state index in [4.69, 9.17) is 4.74 Å². The second-order valence-corrected chi connectivity index (χ2v) is 11.0. The van der Waals surface area contributed by atoms with Gasteiger partial charge in [0.05, 0.1) is 20.0 Å². The third kappa shape index (κ3) is 3.33. The lowest BCUT2D eigenvalue weighted by atomic mass is 9.40. The summed E-state index contributed by atoms with van der Waals surface area (Å²) in [6, 6.07) is 0. The van der Waals surface area contributed by atoms with E-state index in [2.05, 4.69) is 30.7 Å². The van der Waals surface area contributed by atoms with Gasteiger partial charge in [-0.05, 0) is 67.6 Å². The van der Waals surface area contributed by atoms with Crippen molar-refractivity contribution in [1.29, 1.82) is 0 Å². The number of aldehydes is 1. The first-order chi connectivity index (χ1) is 14.2. The van der Waals surface area contributed by atoms with E-state index in [0.717, 1.165) is 44.9 Å². The molecule has 4 rings (SSSR count). The molecule has 2 bridgehead atoms. The Morgan fingerprint density at radius 3 is 2.47 bits per heavy atom. The number of allylic oxidation sites excluding steroid dienone is 1. The van der Waals surface area contributed by atoms with Crippen LogP contribution in [0.2, 0.25) is 0 Å². The maximum absolute atomic E-state index is 12.1. The normalized spacial score (nSPS) is 44.0. The number of ether oxygens (including phenoxy) is 2. The highest BCUT2D eigenvalue weighted by molar-refractivity contribution is 5.77. The van der Waals surface area contributed by atoms with Gasteiger partial charge < -0.3 is 14.3 Å². The largest absolute Gasteiger partial charge is 0.469 e. The van der Waals surface area contributed by atoms with Crippen LogP contribution in [0.3, 0.4) is 0 Å². The molecule has 0 saturated heterocycles. The van der Waals surface area contributed by atoms with Gasteiger partial charge in [0.1, 0.15) is 12.9 Å². The Morgan fingerprint density at radius 1 is 1.00 bits per heavy atom. The molecule has 3 fully saturated rings.